The Labute approximate surface area is 84.3 Å². The predicted octanol–water partition coefficient (Wildman–Crippen LogP) is 1.86. The smallest absolute Gasteiger partial charge is 0.142 e. The summed E-state index contributed by atoms with van der Waals surface area (Å²) in [6.45, 7) is 0.447. The first-order valence-corrected chi connectivity index (χ1v) is 5.21. The number of ether oxygens (including phenoxy) is 1. The number of rotatable bonds is 3. The van der Waals surface area contributed by atoms with E-state index >= 15 is 0 Å². The van der Waals surface area contributed by atoms with Crippen molar-refractivity contribution >= 4 is 0 Å². The third kappa shape index (κ3) is 2.04. The third-order valence-electron chi connectivity index (χ3n) is 2.64. The average molecular weight is 192 g/mol. The Hall–Kier alpha value is -1.09. The van der Waals surface area contributed by atoms with E-state index in [4.69, 9.17) is 10.5 Å². The first kappa shape index (κ1) is 9.46. The van der Waals surface area contributed by atoms with Gasteiger partial charge in [0.2, 0.25) is 0 Å². The molecule has 0 amide bonds. The molecule has 2 N–H and O–H groups in total. The molecule has 1 saturated carbocycles. The van der Waals surface area contributed by atoms with Crippen LogP contribution < -0.4 is 10.5 Å². The van der Waals surface area contributed by atoms with Gasteiger partial charge in [0.15, 0.2) is 0 Å². The Morgan fingerprint density at radius 1 is 1.43 bits per heavy atom. The lowest BCUT2D eigenvalue weighted by molar-refractivity contribution is 0.207. The maximum atomic E-state index is 5.85. The van der Waals surface area contributed by atoms with Crippen molar-refractivity contribution in [1.29, 1.82) is 0 Å². The second kappa shape index (κ2) is 4.42. The molecule has 1 fully saturated rings. The van der Waals surface area contributed by atoms with E-state index in [1.165, 1.54) is 25.7 Å². The molecule has 0 aromatic carbocycles. The largest absolute Gasteiger partial charge is 0.488 e. The minimum Gasteiger partial charge on any atom is -0.488 e. The van der Waals surface area contributed by atoms with Crippen LogP contribution in [0.1, 0.15) is 31.4 Å². The molecule has 1 aliphatic rings. The summed E-state index contributed by atoms with van der Waals surface area (Å²) in [6, 6.07) is 3.84. The molecule has 1 aromatic heterocycles. The Morgan fingerprint density at radius 3 is 2.93 bits per heavy atom. The molecule has 0 unspecified atom stereocenters. The maximum Gasteiger partial charge on any atom is 0.142 e. The molecule has 2 rings (SSSR count). The lowest BCUT2D eigenvalue weighted by Crippen LogP contribution is -2.13. The second-order valence-corrected chi connectivity index (χ2v) is 3.68. The normalized spacial score (nSPS) is 17.2. The topological polar surface area (TPSA) is 48.1 Å². The van der Waals surface area contributed by atoms with Crippen molar-refractivity contribution < 1.29 is 4.74 Å². The number of hydrogen-bond donors (Lipinski definition) is 1. The van der Waals surface area contributed by atoms with Gasteiger partial charge < -0.3 is 10.5 Å². The summed E-state index contributed by atoms with van der Waals surface area (Å²) < 4.78 is 5.85. The molecular formula is C11H16N2O. The predicted molar refractivity (Wildman–Crippen MR) is 55.0 cm³/mol. The Bertz CT molecular complexity index is 295. The fraction of sp³-hybridized carbons (Fsp3) is 0.545. The monoisotopic (exact) mass is 192 g/mol. The average Bonchev–Trinajstić information content (AvgIpc) is 2.71. The van der Waals surface area contributed by atoms with Crippen molar-refractivity contribution in [3.8, 4) is 5.75 Å². The number of nitrogens with zero attached hydrogens (tertiary/aromatic N) is 1. The molecule has 0 bridgehead atoms. The van der Waals surface area contributed by atoms with Crippen molar-refractivity contribution in [1.82, 2.24) is 4.98 Å². The lowest BCUT2D eigenvalue weighted by Gasteiger charge is -2.14. The minimum atomic E-state index is 0.379. The van der Waals surface area contributed by atoms with Crippen LogP contribution in [0, 0.1) is 0 Å². The molecular weight excluding hydrogens is 176 g/mol. The zero-order valence-corrected chi connectivity index (χ0v) is 8.28. The standard InChI is InChI=1S/C11H16N2O/c12-8-10-11(6-3-7-13-10)14-9-4-1-2-5-9/h3,6-7,9H,1-2,4-5,8,12H2. The fourth-order valence-electron chi connectivity index (χ4n) is 1.87. The molecule has 76 valence electrons. The van der Waals surface area contributed by atoms with Crippen molar-refractivity contribution in [3.05, 3.63) is 24.0 Å². The van der Waals surface area contributed by atoms with E-state index in [-0.39, 0.29) is 0 Å². The van der Waals surface area contributed by atoms with Gasteiger partial charge in [-0.3, -0.25) is 4.98 Å². The van der Waals surface area contributed by atoms with Crippen LogP contribution in [0.3, 0.4) is 0 Å². The van der Waals surface area contributed by atoms with E-state index in [1.54, 1.807) is 6.20 Å². The van der Waals surface area contributed by atoms with Gasteiger partial charge in [-0.15, -0.1) is 0 Å². The highest BCUT2D eigenvalue weighted by Crippen LogP contribution is 2.25. The minimum absolute atomic E-state index is 0.379. The van der Waals surface area contributed by atoms with E-state index in [9.17, 15) is 0 Å². The number of pyridine rings is 1. The summed E-state index contributed by atoms with van der Waals surface area (Å²) >= 11 is 0. The van der Waals surface area contributed by atoms with Gasteiger partial charge in [-0.05, 0) is 37.8 Å². The Morgan fingerprint density at radius 2 is 2.21 bits per heavy atom. The zero-order chi connectivity index (χ0) is 9.80. The van der Waals surface area contributed by atoms with Crippen molar-refractivity contribution in [2.24, 2.45) is 5.73 Å². The summed E-state index contributed by atoms with van der Waals surface area (Å²) in [5.41, 5.74) is 6.44. The molecule has 3 nitrogen and oxygen atoms in total. The van der Waals surface area contributed by atoms with E-state index < -0.39 is 0 Å². The Kier molecular flexibility index (Phi) is 2.99. The highest BCUT2D eigenvalue weighted by Gasteiger charge is 2.17. The second-order valence-electron chi connectivity index (χ2n) is 3.68. The molecule has 0 radical (unpaired) electrons. The first-order chi connectivity index (χ1) is 6.90. The highest BCUT2D eigenvalue weighted by atomic mass is 16.5. The number of nitrogens with two attached hydrogens (primary N) is 1. The van der Waals surface area contributed by atoms with Gasteiger partial charge in [0.05, 0.1) is 11.8 Å². The van der Waals surface area contributed by atoms with Crippen LogP contribution in [0.4, 0.5) is 0 Å². The molecule has 1 aromatic rings. The first-order valence-electron chi connectivity index (χ1n) is 5.21. The molecule has 0 spiro atoms. The van der Waals surface area contributed by atoms with Gasteiger partial charge in [0.25, 0.3) is 0 Å². The van der Waals surface area contributed by atoms with Crippen LogP contribution >= 0.6 is 0 Å². The van der Waals surface area contributed by atoms with Crippen LogP contribution in [-0.4, -0.2) is 11.1 Å². The van der Waals surface area contributed by atoms with E-state index in [2.05, 4.69) is 4.98 Å². The molecule has 1 aliphatic carbocycles. The van der Waals surface area contributed by atoms with Crippen molar-refractivity contribution in [2.75, 3.05) is 0 Å². The summed E-state index contributed by atoms with van der Waals surface area (Å²) in [6.07, 6.45) is 7.03. The quantitative estimate of drug-likeness (QED) is 0.795. The van der Waals surface area contributed by atoms with E-state index in [1.807, 2.05) is 12.1 Å². The van der Waals surface area contributed by atoms with E-state index in [0.29, 0.717) is 12.6 Å². The van der Waals surface area contributed by atoms with Gasteiger partial charge in [-0.2, -0.15) is 0 Å². The van der Waals surface area contributed by atoms with Crippen molar-refractivity contribution in [3.63, 3.8) is 0 Å². The fourth-order valence-corrected chi connectivity index (χ4v) is 1.87. The van der Waals surface area contributed by atoms with Gasteiger partial charge in [-0.25, -0.2) is 0 Å². The van der Waals surface area contributed by atoms with Crippen molar-refractivity contribution in [2.45, 2.75) is 38.3 Å². The van der Waals surface area contributed by atoms with Gasteiger partial charge in [0.1, 0.15) is 5.75 Å². The molecule has 0 aliphatic heterocycles. The summed E-state index contributed by atoms with van der Waals surface area (Å²) in [5, 5.41) is 0. The molecule has 0 atom stereocenters. The summed E-state index contributed by atoms with van der Waals surface area (Å²) in [5.74, 6) is 0.863. The van der Waals surface area contributed by atoms with E-state index in [0.717, 1.165) is 11.4 Å². The van der Waals surface area contributed by atoms with Crippen LogP contribution in [0.2, 0.25) is 0 Å². The number of aromatic nitrogens is 1. The molecule has 3 heteroatoms. The third-order valence-corrected chi connectivity index (χ3v) is 2.64. The zero-order valence-electron chi connectivity index (χ0n) is 8.28. The molecule has 0 saturated heterocycles. The maximum absolute atomic E-state index is 5.85. The molecule has 14 heavy (non-hydrogen) atoms. The Balaban J connectivity index is 2.07. The van der Waals surface area contributed by atoms with Gasteiger partial charge in [0, 0.05) is 12.7 Å². The van der Waals surface area contributed by atoms with Crippen LogP contribution in [0.25, 0.3) is 0 Å². The summed E-state index contributed by atoms with van der Waals surface area (Å²) in [7, 11) is 0. The number of hydrogen-bond acceptors (Lipinski definition) is 3. The van der Waals surface area contributed by atoms with Crippen LogP contribution in [0.15, 0.2) is 18.3 Å². The summed E-state index contributed by atoms with van der Waals surface area (Å²) in [4.78, 5) is 4.19. The SMILES string of the molecule is NCc1ncccc1OC1CCCC1. The lowest BCUT2D eigenvalue weighted by atomic mass is 10.3. The van der Waals surface area contributed by atoms with Gasteiger partial charge in [-0.1, -0.05) is 0 Å². The van der Waals surface area contributed by atoms with Crippen LogP contribution in [-0.2, 0) is 6.54 Å². The highest BCUT2D eigenvalue weighted by molar-refractivity contribution is 5.26. The molecule has 1 heterocycles. The van der Waals surface area contributed by atoms with Gasteiger partial charge >= 0.3 is 0 Å². The van der Waals surface area contributed by atoms with Crippen LogP contribution in [0.5, 0.6) is 5.75 Å².